The van der Waals surface area contributed by atoms with Crippen LogP contribution in [0.1, 0.15) is 12.0 Å². The van der Waals surface area contributed by atoms with E-state index in [9.17, 15) is 25.0 Å². The Labute approximate surface area is 147 Å². The number of carbonyl (C=O) groups excluding carboxylic acids is 1. The molecule has 0 bridgehead atoms. The number of hydrogen-bond donors (Lipinski definition) is 0. The van der Waals surface area contributed by atoms with E-state index in [2.05, 4.69) is 0 Å². The van der Waals surface area contributed by atoms with Gasteiger partial charge in [-0.25, -0.2) is 0 Å². The van der Waals surface area contributed by atoms with Crippen LogP contribution in [-0.2, 0) is 16.1 Å². The maximum atomic E-state index is 11.7. The first-order valence-corrected chi connectivity index (χ1v) is 8.20. The molecule has 130 valence electrons. The Hall–Kier alpha value is -2.94. The number of nitro groups is 2. The van der Waals surface area contributed by atoms with E-state index in [1.165, 1.54) is 42.1 Å². The van der Waals surface area contributed by atoms with E-state index in [-0.39, 0.29) is 24.4 Å². The highest BCUT2D eigenvalue weighted by molar-refractivity contribution is 7.99. The number of carbonyl (C=O) groups is 1. The van der Waals surface area contributed by atoms with Gasteiger partial charge in [0.05, 0.1) is 16.3 Å². The maximum absolute atomic E-state index is 11.7. The maximum Gasteiger partial charge on any atom is 0.306 e. The number of nitro benzene ring substituents is 2. The molecule has 0 unspecified atom stereocenters. The van der Waals surface area contributed by atoms with E-state index < -0.39 is 15.8 Å². The van der Waals surface area contributed by atoms with Crippen molar-refractivity contribution in [3.05, 3.63) is 74.3 Å². The summed E-state index contributed by atoms with van der Waals surface area (Å²) < 4.78 is 5.09. The average Bonchev–Trinajstić information content (AvgIpc) is 2.60. The lowest BCUT2D eigenvalue weighted by Gasteiger charge is -2.05. The second-order valence-electron chi connectivity index (χ2n) is 4.94. The number of ether oxygens (including phenoxy) is 1. The third-order valence-corrected chi connectivity index (χ3v) is 4.16. The second-order valence-corrected chi connectivity index (χ2v) is 6.11. The molecule has 0 aliphatic heterocycles. The minimum absolute atomic E-state index is 0.0146. The van der Waals surface area contributed by atoms with E-state index in [0.717, 1.165) is 4.90 Å². The molecule has 2 aromatic rings. The molecule has 0 N–H and O–H groups in total. The molecule has 9 heteroatoms. The van der Waals surface area contributed by atoms with Crippen LogP contribution in [-0.4, -0.2) is 21.6 Å². The van der Waals surface area contributed by atoms with Crippen LogP contribution >= 0.6 is 11.8 Å². The summed E-state index contributed by atoms with van der Waals surface area (Å²) in [6.07, 6.45) is 0.163. The molecule has 0 spiro atoms. The highest BCUT2D eigenvalue weighted by Gasteiger charge is 2.09. The Morgan fingerprint density at radius 2 is 1.68 bits per heavy atom. The summed E-state index contributed by atoms with van der Waals surface area (Å²) in [6.45, 7) is -0.0251. The lowest BCUT2D eigenvalue weighted by molar-refractivity contribution is -0.385. The smallest absolute Gasteiger partial charge is 0.306 e. The minimum atomic E-state index is -0.508. The Bertz CT molecular complexity index is 778. The normalized spacial score (nSPS) is 10.2. The predicted octanol–water partition coefficient (Wildman–Crippen LogP) is 3.73. The number of thioether (sulfide) groups is 1. The van der Waals surface area contributed by atoms with Gasteiger partial charge in [0.2, 0.25) is 0 Å². The third-order valence-electron chi connectivity index (χ3n) is 3.14. The molecule has 0 saturated heterocycles. The highest BCUT2D eigenvalue weighted by Crippen LogP contribution is 2.22. The van der Waals surface area contributed by atoms with Crippen molar-refractivity contribution >= 4 is 29.1 Å². The van der Waals surface area contributed by atoms with Crippen LogP contribution in [0.4, 0.5) is 11.4 Å². The van der Waals surface area contributed by atoms with Crippen molar-refractivity contribution in [3.63, 3.8) is 0 Å². The molecule has 2 aromatic carbocycles. The van der Waals surface area contributed by atoms with Gasteiger partial charge in [-0.15, -0.1) is 11.8 Å². The summed E-state index contributed by atoms with van der Waals surface area (Å²) in [5, 5.41) is 21.2. The fraction of sp³-hybridized carbons (Fsp3) is 0.188. The average molecular weight is 362 g/mol. The zero-order valence-corrected chi connectivity index (χ0v) is 13.8. The Balaban J connectivity index is 1.74. The molecule has 0 aliphatic carbocycles. The molecule has 25 heavy (non-hydrogen) atoms. The van der Waals surface area contributed by atoms with Gasteiger partial charge in [-0.3, -0.25) is 25.0 Å². The van der Waals surface area contributed by atoms with E-state index in [1.807, 2.05) is 0 Å². The first-order valence-electron chi connectivity index (χ1n) is 7.22. The van der Waals surface area contributed by atoms with E-state index in [4.69, 9.17) is 4.74 Å². The van der Waals surface area contributed by atoms with Crippen molar-refractivity contribution in [2.75, 3.05) is 5.75 Å². The van der Waals surface area contributed by atoms with Crippen LogP contribution in [0.15, 0.2) is 53.4 Å². The van der Waals surface area contributed by atoms with Crippen molar-refractivity contribution in [2.24, 2.45) is 0 Å². The van der Waals surface area contributed by atoms with Gasteiger partial charge in [-0.05, 0) is 17.7 Å². The van der Waals surface area contributed by atoms with Gasteiger partial charge in [-0.2, -0.15) is 0 Å². The quantitative estimate of drug-likeness (QED) is 0.304. The molecule has 0 fully saturated rings. The van der Waals surface area contributed by atoms with Gasteiger partial charge in [0.15, 0.2) is 0 Å². The fourth-order valence-electron chi connectivity index (χ4n) is 1.91. The summed E-state index contributed by atoms with van der Waals surface area (Å²) >= 11 is 1.38. The molecule has 0 amide bonds. The monoisotopic (exact) mass is 362 g/mol. The van der Waals surface area contributed by atoms with Crippen molar-refractivity contribution in [3.8, 4) is 0 Å². The fourth-order valence-corrected chi connectivity index (χ4v) is 2.75. The largest absolute Gasteiger partial charge is 0.461 e. The summed E-state index contributed by atoms with van der Waals surface area (Å²) in [7, 11) is 0. The summed E-state index contributed by atoms with van der Waals surface area (Å²) in [5.74, 6) is 0.0481. The number of benzene rings is 2. The highest BCUT2D eigenvalue weighted by atomic mass is 32.2. The SMILES string of the molecule is O=C(CCSc1ccc([N+](=O)[O-])cc1)OCc1cccc([N+](=O)[O-])c1. The molecule has 0 atom stereocenters. The first kappa shape index (κ1) is 18.4. The van der Waals surface area contributed by atoms with Crippen LogP contribution in [0, 0.1) is 20.2 Å². The number of non-ortho nitro benzene ring substituents is 2. The minimum Gasteiger partial charge on any atom is -0.461 e. The molecular formula is C16H14N2O6S. The number of nitrogens with zero attached hydrogens (tertiary/aromatic N) is 2. The van der Waals surface area contributed by atoms with Gasteiger partial charge < -0.3 is 4.74 Å². The van der Waals surface area contributed by atoms with Crippen molar-refractivity contribution in [1.29, 1.82) is 0 Å². The molecule has 0 saturated carbocycles. The Morgan fingerprint density at radius 3 is 2.32 bits per heavy atom. The van der Waals surface area contributed by atoms with Crippen LogP contribution in [0.25, 0.3) is 0 Å². The number of esters is 1. The Kier molecular flexibility index (Phi) is 6.47. The standard InChI is InChI=1S/C16H14N2O6S/c19-16(24-11-12-2-1-3-14(10-12)18(22)23)8-9-25-15-6-4-13(5-7-15)17(20)21/h1-7,10H,8-9,11H2. The molecule has 0 aliphatic rings. The lowest BCUT2D eigenvalue weighted by Crippen LogP contribution is -2.05. The van der Waals surface area contributed by atoms with E-state index >= 15 is 0 Å². The van der Waals surface area contributed by atoms with Gasteiger partial charge in [0.1, 0.15) is 6.61 Å². The molecule has 0 aromatic heterocycles. The molecule has 0 radical (unpaired) electrons. The molecule has 8 nitrogen and oxygen atoms in total. The Morgan fingerprint density at radius 1 is 1.00 bits per heavy atom. The van der Waals surface area contributed by atoms with Crippen LogP contribution < -0.4 is 0 Å². The number of hydrogen-bond acceptors (Lipinski definition) is 7. The second kappa shape index (κ2) is 8.78. The van der Waals surface area contributed by atoms with Gasteiger partial charge >= 0.3 is 5.97 Å². The van der Waals surface area contributed by atoms with Gasteiger partial charge in [-0.1, -0.05) is 12.1 Å². The third kappa shape index (κ3) is 5.88. The van der Waals surface area contributed by atoms with Crippen molar-refractivity contribution in [2.45, 2.75) is 17.9 Å². The van der Waals surface area contributed by atoms with Crippen LogP contribution in [0.2, 0.25) is 0 Å². The van der Waals surface area contributed by atoms with E-state index in [0.29, 0.717) is 11.3 Å². The zero-order chi connectivity index (χ0) is 18.2. The summed E-state index contributed by atoms with van der Waals surface area (Å²) in [5.41, 5.74) is 0.508. The van der Waals surface area contributed by atoms with Crippen LogP contribution in [0.3, 0.4) is 0 Å². The lowest BCUT2D eigenvalue weighted by atomic mass is 10.2. The van der Waals surface area contributed by atoms with Gasteiger partial charge in [0.25, 0.3) is 11.4 Å². The zero-order valence-electron chi connectivity index (χ0n) is 13.0. The summed E-state index contributed by atoms with van der Waals surface area (Å²) in [4.78, 5) is 32.8. The molecular weight excluding hydrogens is 348 g/mol. The van der Waals surface area contributed by atoms with Gasteiger partial charge in [0, 0.05) is 34.9 Å². The number of rotatable bonds is 8. The van der Waals surface area contributed by atoms with Crippen molar-refractivity contribution < 1.29 is 19.4 Å². The summed E-state index contributed by atoms with van der Waals surface area (Å²) in [6, 6.07) is 12.0. The first-order chi connectivity index (χ1) is 12.0. The topological polar surface area (TPSA) is 113 Å². The van der Waals surface area contributed by atoms with Crippen molar-refractivity contribution in [1.82, 2.24) is 0 Å². The molecule has 2 rings (SSSR count). The predicted molar refractivity (Wildman–Crippen MR) is 91.3 cm³/mol. The van der Waals surface area contributed by atoms with E-state index in [1.54, 1.807) is 18.2 Å². The molecule has 0 heterocycles. The van der Waals surface area contributed by atoms with Crippen LogP contribution in [0.5, 0.6) is 0 Å².